The first-order valence-electron chi connectivity index (χ1n) is 4.82. The Kier molecular flexibility index (Phi) is 2.83. The Bertz CT molecular complexity index is 429. The van der Waals surface area contributed by atoms with Crippen molar-refractivity contribution in [2.24, 2.45) is 0 Å². The number of anilines is 1. The molecule has 0 bridgehead atoms. The largest absolute Gasteiger partial charge is 0.711 e. The van der Waals surface area contributed by atoms with Crippen molar-refractivity contribution in [1.29, 1.82) is 0 Å². The zero-order valence-electron chi connectivity index (χ0n) is 8.26. The molecule has 3 heteroatoms. The molecule has 76 valence electrons. The maximum Gasteiger partial charge on any atom is 0.277 e. The number of nitrogens with zero attached hydrogens (tertiary/aromatic N) is 1. The van der Waals surface area contributed by atoms with Gasteiger partial charge in [0.05, 0.1) is 6.20 Å². The summed E-state index contributed by atoms with van der Waals surface area (Å²) in [6.45, 7) is 0.660. The molecule has 0 saturated heterocycles. The number of rotatable bonds is 3. The zero-order chi connectivity index (χ0) is 10.5. The molecule has 15 heavy (non-hydrogen) atoms. The lowest BCUT2D eigenvalue weighted by Gasteiger charge is -2.07. The standard InChI is InChI=1S/C12H12N2O/c15-14-9-5-4-8-12(14)13-10-11-6-2-1-3-7-11/h1-9,13H,10H2. The molecule has 0 fully saturated rings. The van der Waals surface area contributed by atoms with Gasteiger partial charge in [-0.2, -0.15) is 0 Å². The molecule has 2 rings (SSSR count). The van der Waals surface area contributed by atoms with E-state index in [0.717, 1.165) is 10.3 Å². The Morgan fingerprint density at radius 2 is 1.73 bits per heavy atom. The minimum Gasteiger partial charge on any atom is -0.711 e. The van der Waals surface area contributed by atoms with Crippen LogP contribution in [0.5, 0.6) is 0 Å². The fourth-order valence-electron chi connectivity index (χ4n) is 1.35. The second kappa shape index (κ2) is 4.46. The van der Waals surface area contributed by atoms with Gasteiger partial charge in [0.1, 0.15) is 6.54 Å². The van der Waals surface area contributed by atoms with E-state index in [9.17, 15) is 5.21 Å². The van der Waals surface area contributed by atoms with E-state index in [4.69, 9.17) is 0 Å². The number of aromatic nitrogens is 1. The normalized spacial score (nSPS) is 9.87. The predicted octanol–water partition coefficient (Wildman–Crippen LogP) is 1.93. The van der Waals surface area contributed by atoms with Gasteiger partial charge in [0.25, 0.3) is 5.82 Å². The van der Waals surface area contributed by atoms with Gasteiger partial charge in [-0.05, 0) is 11.6 Å². The van der Waals surface area contributed by atoms with Gasteiger partial charge in [-0.25, -0.2) is 4.73 Å². The average Bonchev–Trinajstić information content (AvgIpc) is 2.29. The van der Waals surface area contributed by atoms with Crippen molar-refractivity contribution in [3.05, 3.63) is 65.5 Å². The lowest BCUT2D eigenvalue weighted by molar-refractivity contribution is -0.590. The molecule has 0 amide bonds. The van der Waals surface area contributed by atoms with Crippen molar-refractivity contribution in [3.8, 4) is 0 Å². The summed E-state index contributed by atoms with van der Waals surface area (Å²) in [6.07, 6.45) is 1.48. The van der Waals surface area contributed by atoms with E-state index in [1.807, 2.05) is 36.4 Å². The molecule has 1 N–H and O–H groups in total. The monoisotopic (exact) mass is 200 g/mol. The Morgan fingerprint density at radius 1 is 1.00 bits per heavy atom. The van der Waals surface area contributed by atoms with Gasteiger partial charge in [-0.1, -0.05) is 36.4 Å². The first kappa shape index (κ1) is 9.52. The van der Waals surface area contributed by atoms with Gasteiger partial charge in [-0.15, -0.1) is 0 Å². The third kappa shape index (κ3) is 2.47. The molecule has 1 aromatic carbocycles. The molecule has 0 radical (unpaired) electrons. The summed E-state index contributed by atoms with van der Waals surface area (Å²) in [7, 11) is 0. The first-order chi connectivity index (χ1) is 7.36. The molecule has 0 aliphatic heterocycles. The van der Waals surface area contributed by atoms with Crippen molar-refractivity contribution in [2.75, 3.05) is 5.32 Å². The van der Waals surface area contributed by atoms with E-state index < -0.39 is 0 Å². The summed E-state index contributed by atoms with van der Waals surface area (Å²) < 4.78 is 0.822. The van der Waals surface area contributed by atoms with E-state index >= 15 is 0 Å². The van der Waals surface area contributed by atoms with E-state index in [2.05, 4.69) is 5.32 Å². The smallest absolute Gasteiger partial charge is 0.277 e. The van der Waals surface area contributed by atoms with Crippen LogP contribution in [-0.4, -0.2) is 0 Å². The number of pyridine rings is 1. The number of benzene rings is 1. The van der Waals surface area contributed by atoms with Crippen LogP contribution in [0.2, 0.25) is 0 Å². The Balaban J connectivity index is 2.03. The van der Waals surface area contributed by atoms with Crippen molar-refractivity contribution < 1.29 is 4.73 Å². The second-order valence-electron chi connectivity index (χ2n) is 3.25. The summed E-state index contributed by atoms with van der Waals surface area (Å²) in [5.41, 5.74) is 1.15. The van der Waals surface area contributed by atoms with E-state index in [1.54, 1.807) is 12.1 Å². The van der Waals surface area contributed by atoms with Crippen LogP contribution in [0.15, 0.2) is 54.7 Å². The third-order valence-electron chi connectivity index (χ3n) is 2.14. The maximum absolute atomic E-state index is 11.3. The molecule has 0 spiro atoms. The zero-order valence-corrected chi connectivity index (χ0v) is 8.26. The van der Waals surface area contributed by atoms with Crippen molar-refractivity contribution in [2.45, 2.75) is 6.54 Å². The van der Waals surface area contributed by atoms with Crippen LogP contribution in [0, 0.1) is 5.21 Å². The maximum atomic E-state index is 11.3. The van der Waals surface area contributed by atoms with E-state index in [-0.39, 0.29) is 0 Å². The molecule has 2 aromatic rings. The molecule has 1 heterocycles. The summed E-state index contributed by atoms with van der Waals surface area (Å²) >= 11 is 0. The molecule has 3 nitrogen and oxygen atoms in total. The molecule has 0 aliphatic carbocycles. The average molecular weight is 200 g/mol. The highest BCUT2D eigenvalue weighted by Crippen LogP contribution is 2.03. The van der Waals surface area contributed by atoms with Crippen LogP contribution in [0.1, 0.15) is 5.56 Å². The molecular weight excluding hydrogens is 188 g/mol. The van der Waals surface area contributed by atoms with Crippen molar-refractivity contribution in [3.63, 3.8) is 0 Å². The SMILES string of the molecule is [O-][n+]1ccccc1NCc1ccccc1. The van der Waals surface area contributed by atoms with Gasteiger partial charge >= 0.3 is 0 Å². The number of hydrogen-bond acceptors (Lipinski definition) is 2. The molecule has 0 aliphatic rings. The lowest BCUT2D eigenvalue weighted by atomic mass is 10.2. The Hall–Kier alpha value is -2.03. The number of nitrogens with one attached hydrogen (secondary N) is 1. The minimum atomic E-state index is 0.571. The van der Waals surface area contributed by atoms with Gasteiger partial charge in [0, 0.05) is 6.07 Å². The van der Waals surface area contributed by atoms with Crippen LogP contribution >= 0.6 is 0 Å². The molecule has 0 unspecified atom stereocenters. The highest BCUT2D eigenvalue weighted by atomic mass is 16.5. The van der Waals surface area contributed by atoms with Crippen LogP contribution in [0.3, 0.4) is 0 Å². The third-order valence-corrected chi connectivity index (χ3v) is 2.14. The quantitative estimate of drug-likeness (QED) is 0.607. The fraction of sp³-hybridized carbons (Fsp3) is 0.0833. The van der Waals surface area contributed by atoms with Crippen LogP contribution in [0.25, 0.3) is 0 Å². The topological polar surface area (TPSA) is 39.0 Å². The molecular formula is C12H12N2O. The van der Waals surface area contributed by atoms with Gasteiger partial charge in [-0.3, -0.25) is 5.32 Å². The summed E-state index contributed by atoms with van der Waals surface area (Å²) in [6, 6.07) is 15.3. The summed E-state index contributed by atoms with van der Waals surface area (Å²) in [4.78, 5) is 0. The fourth-order valence-corrected chi connectivity index (χ4v) is 1.35. The van der Waals surface area contributed by atoms with E-state index in [1.165, 1.54) is 6.20 Å². The van der Waals surface area contributed by atoms with Crippen LogP contribution in [-0.2, 0) is 6.54 Å². The molecule has 0 saturated carbocycles. The molecule has 1 aromatic heterocycles. The minimum absolute atomic E-state index is 0.571. The Labute approximate surface area is 88.6 Å². The first-order valence-corrected chi connectivity index (χ1v) is 4.82. The predicted molar refractivity (Wildman–Crippen MR) is 59.2 cm³/mol. The lowest BCUT2D eigenvalue weighted by Crippen LogP contribution is -2.29. The van der Waals surface area contributed by atoms with Gasteiger partial charge < -0.3 is 5.21 Å². The van der Waals surface area contributed by atoms with Gasteiger partial charge in [0.15, 0.2) is 0 Å². The van der Waals surface area contributed by atoms with Gasteiger partial charge in [0.2, 0.25) is 0 Å². The second-order valence-corrected chi connectivity index (χ2v) is 3.25. The Morgan fingerprint density at radius 3 is 2.47 bits per heavy atom. The van der Waals surface area contributed by atoms with Crippen molar-refractivity contribution in [1.82, 2.24) is 0 Å². The summed E-state index contributed by atoms with van der Waals surface area (Å²) in [5, 5.41) is 14.4. The highest BCUT2D eigenvalue weighted by Gasteiger charge is 2.01. The highest BCUT2D eigenvalue weighted by molar-refractivity contribution is 5.30. The van der Waals surface area contributed by atoms with E-state index in [0.29, 0.717) is 12.4 Å². The molecule has 0 atom stereocenters. The van der Waals surface area contributed by atoms with Crippen LogP contribution in [0.4, 0.5) is 5.82 Å². The van der Waals surface area contributed by atoms with Crippen molar-refractivity contribution >= 4 is 5.82 Å². The number of hydrogen-bond donors (Lipinski definition) is 1. The van der Waals surface area contributed by atoms with Crippen LogP contribution < -0.4 is 10.0 Å². The summed E-state index contributed by atoms with van der Waals surface area (Å²) in [5.74, 6) is 0.571.